The molecule has 1 aliphatic heterocycles. The van der Waals surface area contributed by atoms with E-state index in [1.165, 1.54) is 0 Å². The Morgan fingerprint density at radius 3 is 2.77 bits per heavy atom. The van der Waals surface area contributed by atoms with Crippen LogP contribution in [0.1, 0.15) is 28.7 Å². The number of carbonyl (C=O) groups is 1. The van der Waals surface area contributed by atoms with Crippen LogP contribution in [0.15, 0.2) is 42.7 Å². The van der Waals surface area contributed by atoms with Gasteiger partial charge in [-0.2, -0.15) is 5.10 Å². The van der Waals surface area contributed by atoms with Crippen LogP contribution < -0.4 is 9.64 Å². The second-order valence-electron chi connectivity index (χ2n) is 6.42. The highest BCUT2D eigenvalue weighted by molar-refractivity contribution is 6.06. The van der Waals surface area contributed by atoms with E-state index in [4.69, 9.17) is 4.74 Å². The molecule has 0 saturated heterocycles. The topological polar surface area (TPSA) is 73.1 Å². The van der Waals surface area contributed by atoms with Gasteiger partial charge in [-0.3, -0.25) is 9.69 Å². The van der Waals surface area contributed by atoms with E-state index < -0.39 is 0 Å². The van der Waals surface area contributed by atoms with Gasteiger partial charge < -0.3 is 4.74 Å². The molecule has 0 fully saturated rings. The van der Waals surface area contributed by atoms with Gasteiger partial charge in [0.05, 0.1) is 17.8 Å². The lowest BCUT2D eigenvalue weighted by molar-refractivity contribution is 0.0958. The number of amides is 1. The lowest BCUT2D eigenvalue weighted by Gasteiger charge is -2.32. The van der Waals surface area contributed by atoms with Crippen molar-refractivity contribution in [3.63, 3.8) is 0 Å². The van der Waals surface area contributed by atoms with Gasteiger partial charge in [0.25, 0.3) is 5.91 Å². The number of pyridine rings is 2. The molecule has 132 valence electrons. The zero-order chi connectivity index (χ0) is 18.3. The molecule has 0 spiro atoms. The summed E-state index contributed by atoms with van der Waals surface area (Å²) in [6.45, 7) is 6.30. The minimum atomic E-state index is -0.123. The van der Waals surface area contributed by atoms with Crippen LogP contribution in [0.4, 0.5) is 5.69 Å². The van der Waals surface area contributed by atoms with Crippen LogP contribution in [0.2, 0.25) is 0 Å². The molecule has 4 rings (SSSR count). The Bertz CT molecular complexity index is 964. The minimum Gasteiger partial charge on any atom is -0.471 e. The number of ether oxygens (including phenoxy) is 1. The first-order valence-corrected chi connectivity index (χ1v) is 8.46. The van der Waals surface area contributed by atoms with Gasteiger partial charge in [0.1, 0.15) is 11.8 Å². The molecule has 0 unspecified atom stereocenters. The third kappa shape index (κ3) is 2.81. The van der Waals surface area contributed by atoms with Gasteiger partial charge in [-0.15, -0.1) is 0 Å². The van der Waals surface area contributed by atoms with Crippen molar-refractivity contribution < 1.29 is 9.53 Å². The second kappa shape index (κ2) is 6.25. The van der Waals surface area contributed by atoms with Crippen molar-refractivity contribution in [3.8, 4) is 11.7 Å². The summed E-state index contributed by atoms with van der Waals surface area (Å²) in [5.41, 5.74) is 3.12. The van der Waals surface area contributed by atoms with E-state index in [9.17, 15) is 4.79 Å². The second-order valence-corrected chi connectivity index (χ2v) is 6.42. The minimum absolute atomic E-state index is 0.122. The first-order chi connectivity index (χ1) is 12.5. The number of nitrogens with zero attached hydrogens (tertiary/aromatic N) is 5. The molecule has 3 aromatic rings. The molecule has 0 radical (unpaired) electrons. The monoisotopic (exact) mass is 349 g/mol. The molecule has 26 heavy (non-hydrogen) atoms. The molecule has 1 atom stereocenters. The van der Waals surface area contributed by atoms with E-state index in [1.807, 2.05) is 32.9 Å². The van der Waals surface area contributed by atoms with E-state index >= 15 is 0 Å². The van der Waals surface area contributed by atoms with E-state index in [-0.39, 0.29) is 12.0 Å². The van der Waals surface area contributed by atoms with Gasteiger partial charge in [0, 0.05) is 18.1 Å². The third-order valence-electron chi connectivity index (χ3n) is 4.26. The Balaban J connectivity index is 1.64. The largest absolute Gasteiger partial charge is 0.471 e. The van der Waals surface area contributed by atoms with Crippen LogP contribution in [0.3, 0.4) is 0 Å². The quantitative estimate of drug-likeness (QED) is 0.711. The summed E-state index contributed by atoms with van der Waals surface area (Å²) in [7, 11) is 0. The summed E-state index contributed by atoms with van der Waals surface area (Å²) in [6, 6.07) is 9.20. The predicted octanol–water partition coefficient (Wildman–Crippen LogP) is 2.71. The van der Waals surface area contributed by atoms with Crippen molar-refractivity contribution in [2.24, 2.45) is 0 Å². The number of hydrogen-bond acceptors (Lipinski definition) is 5. The highest BCUT2D eigenvalue weighted by Crippen LogP contribution is 2.31. The summed E-state index contributed by atoms with van der Waals surface area (Å²) >= 11 is 0. The Morgan fingerprint density at radius 2 is 2.08 bits per heavy atom. The molecular weight excluding hydrogens is 330 g/mol. The van der Waals surface area contributed by atoms with Gasteiger partial charge in [-0.05, 0) is 51.1 Å². The Hall–Kier alpha value is -3.22. The lowest BCUT2D eigenvalue weighted by atomic mass is 10.2. The van der Waals surface area contributed by atoms with E-state index in [2.05, 4.69) is 15.1 Å². The summed E-state index contributed by atoms with van der Waals surface area (Å²) in [6.07, 6.45) is 3.12. The Morgan fingerprint density at radius 1 is 1.23 bits per heavy atom. The molecule has 7 heteroatoms. The van der Waals surface area contributed by atoms with Gasteiger partial charge in [0.2, 0.25) is 5.88 Å². The van der Waals surface area contributed by atoms with Crippen molar-refractivity contribution in [1.82, 2.24) is 19.7 Å². The fraction of sp³-hybridized carbons (Fsp3) is 0.263. The summed E-state index contributed by atoms with van der Waals surface area (Å²) in [5.74, 6) is 1.04. The fourth-order valence-electron chi connectivity index (χ4n) is 3.11. The SMILES string of the molecule is Cc1cc(C)n(-c2ccc(C(=O)N3C[C@H](C)Oc4ncccc43)cn2)n1. The fourth-order valence-corrected chi connectivity index (χ4v) is 3.11. The van der Waals surface area contributed by atoms with Crippen LogP contribution >= 0.6 is 0 Å². The smallest absolute Gasteiger partial charge is 0.260 e. The number of hydrogen-bond donors (Lipinski definition) is 0. The number of aromatic nitrogens is 4. The maximum Gasteiger partial charge on any atom is 0.260 e. The van der Waals surface area contributed by atoms with Gasteiger partial charge >= 0.3 is 0 Å². The Kier molecular flexibility index (Phi) is 3.91. The number of carbonyl (C=O) groups excluding carboxylic acids is 1. The molecule has 0 aliphatic carbocycles. The zero-order valence-corrected chi connectivity index (χ0v) is 14.9. The maximum absolute atomic E-state index is 13.0. The highest BCUT2D eigenvalue weighted by atomic mass is 16.5. The maximum atomic E-state index is 13.0. The van der Waals surface area contributed by atoms with E-state index in [1.54, 1.807) is 40.2 Å². The van der Waals surface area contributed by atoms with Crippen LogP contribution in [-0.2, 0) is 0 Å². The van der Waals surface area contributed by atoms with Crippen molar-refractivity contribution in [3.05, 3.63) is 59.7 Å². The molecular formula is C19H19N5O2. The molecule has 0 aromatic carbocycles. The standard InChI is InChI=1S/C19H19N5O2/c1-12-9-13(2)24(22-12)17-7-6-15(10-21-17)19(25)23-11-14(3)26-18-16(23)5-4-8-20-18/h4-10,14H,11H2,1-3H3/t14-/m0/s1. The van der Waals surface area contributed by atoms with Crippen LogP contribution in [0, 0.1) is 13.8 Å². The molecule has 1 aliphatic rings. The summed E-state index contributed by atoms with van der Waals surface area (Å²) in [5, 5.41) is 4.42. The van der Waals surface area contributed by atoms with Gasteiger partial charge in [0.15, 0.2) is 5.82 Å². The third-order valence-corrected chi connectivity index (χ3v) is 4.26. The average Bonchev–Trinajstić information content (AvgIpc) is 2.98. The molecule has 4 heterocycles. The van der Waals surface area contributed by atoms with Crippen molar-refractivity contribution in [2.75, 3.05) is 11.4 Å². The van der Waals surface area contributed by atoms with Gasteiger partial charge in [-0.1, -0.05) is 0 Å². The Labute approximate surface area is 151 Å². The van der Waals surface area contributed by atoms with E-state index in [0.29, 0.717) is 29.5 Å². The molecule has 7 nitrogen and oxygen atoms in total. The first kappa shape index (κ1) is 16.3. The predicted molar refractivity (Wildman–Crippen MR) is 96.8 cm³/mol. The highest BCUT2D eigenvalue weighted by Gasteiger charge is 2.29. The lowest BCUT2D eigenvalue weighted by Crippen LogP contribution is -2.42. The van der Waals surface area contributed by atoms with Gasteiger partial charge in [-0.25, -0.2) is 14.6 Å². The van der Waals surface area contributed by atoms with E-state index in [0.717, 1.165) is 11.4 Å². The number of rotatable bonds is 2. The molecule has 3 aromatic heterocycles. The van der Waals surface area contributed by atoms with Crippen molar-refractivity contribution >= 4 is 11.6 Å². The number of aryl methyl sites for hydroxylation is 2. The zero-order valence-electron chi connectivity index (χ0n) is 14.9. The average molecular weight is 349 g/mol. The molecule has 0 N–H and O–H groups in total. The molecule has 1 amide bonds. The van der Waals surface area contributed by atoms with Crippen molar-refractivity contribution in [1.29, 1.82) is 0 Å². The van der Waals surface area contributed by atoms with Crippen molar-refractivity contribution in [2.45, 2.75) is 26.9 Å². The van der Waals surface area contributed by atoms with Crippen LogP contribution in [0.25, 0.3) is 5.82 Å². The van der Waals surface area contributed by atoms with Crippen LogP contribution in [-0.4, -0.2) is 38.3 Å². The number of fused-ring (bicyclic) bond motifs is 1. The normalized spacial score (nSPS) is 16.1. The molecule has 0 saturated carbocycles. The first-order valence-electron chi connectivity index (χ1n) is 8.46. The summed E-state index contributed by atoms with van der Waals surface area (Å²) < 4.78 is 7.47. The van der Waals surface area contributed by atoms with Crippen LogP contribution in [0.5, 0.6) is 5.88 Å². The molecule has 0 bridgehead atoms. The summed E-state index contributed by atoms with van der Waals surface area (Å²) in [4.78, 5) is 23.3. The number of anilines is 1.